The summed E-state index contributed by atoms with van der Waals surface area (Å²) >= 11 is 0. The highest BCUT2D eigenvalue weighted by atomic mass is 16.2. The molecular weight excluding hydrogens is 314 g/mol. The van der Waals surface area contributed by atoms with Crippen LogP contribution in [-0.2, 0) is 4.79 Å². The summed E-state index contributed by atoms with van der Waals surface area (Å²) in [4.78, 5) is 20.8. The Balaban J connectivity index is 1.83. The molecule has 0 atom stereocenters. The van der Waals surface area contributed by atoms with Crippen molar-refractivity contribution in [1.29, 1.82) is 5.26 Å². The van der Waals surface area contributed by atoms with Gasteiger partial charge in [0.25, 0.3) is 0 Å². The van der Waals surface area contributed by atoms with Crippen LogP contribution in [0.4, 0.5) is 5.82 Å². The van der Waals surface area contributed by atoms with Crippen molar-refractivity contribution in [3.05, 3.63) is 23.9 Å². The predicted molar refractivity (Wildman–Crippen MR) is 99.3 cm³/mol. The van der Waals surface area contributed by atoms with Gasteiger partial charge in [-0.25, -0.2) is 4.98 Å². The van der Waals surface area contributed by atoms with Crippen LogP contribution in [0, 0.1) is 16.7 Å². The molecule has 6 nitrogen and oxygen atoms in total. The molecule has 1 aromatic heterocycles. The van der Waals surface area contributed by atoms with Crippen LogP contribution in [0.15, 0.2) is 18.3 Å². The Hall–Kier alpha value is -2.13. The quantitative estimate of drug-likeness (QED) is 0.885. The van der Waals surface area contributed by atoms with Crippen LogP contribution in [0.5, 0.6) is 0 Å². The van der Waals surface area contributed by atoms with Gasteiger partial charge in [-0.15, -0.1) is 0 Å². The summed E-state index contributed by atoms with van der Waals surface area (Å²) in [7, 11) is 0. The minimum atomic E-state index is 0.0910. The molecule has 1 N–H and O–H groups in total. The van der Waals surface area contributed by atoms with Crippen LogP contribution in [0.2, 0.25) is 0 Å². The van der Waals surface area contributed by atoms with E-state index in [1.165, 1.54) is 0 Å². The minimum absolute atomic E-state index is 0.0910. The lowest BCUT2D eigenvalue weighted by Gasteiger charge is -2.23. The fourth-order valence-corrected chi connectivity index (χ4v) is 2.91. The summed E-state index contributed by atoms with van der Waals surface area (Å²) in [5.74, 6) is 0.842. The van der Waals surface area contributed by atoms with Crippen LogP contribution in [0.1, 0.15) is 39.2 Å². The van der Waals surface area contributed by atoms with E-state index in [2.05, 4.69) is 46.9 Å². The number of anilines is 1. The lowest BCUT2D eigenvalue weighted by atomic mass is 9.92. The molecule has 0 spiro atoms. The summed E-state index contributed by atoms with van der Waals surface area (Å²) in [5, 5.41) is 12.3. The second-order valence-corrected chi connectivity index (χ2v) is 7.76. The zero-order chi connectivity index (χ0) is 18.3. The first kappa shape index (κ1) is 19.2. The molecule has 6 heteroatoms. The monoisotopic (exact) mass is 343 g/mol. The summed E-state index contributed by atoms with van der Waals surface area (Å²) in [6.45, 7) is 11.0. The highest BCUT2D eigenvalue weighted by molar-refractivity contribution is 5.78. The van der Waals surface area contributed by atoms with Gasteiger partial charge < -0.3 is 10.2 Å². The molecule has 1 amide bonds. The minimum Gasteiger partial charge on any atom is -0.355 e. The maximum absolute atomic E-state index is 12.1. The van der Waals surface area contributed by atoms with E-state index in [4.69, 9.17) is 0 Å². The fraction of sp³-hybridized carbons (Fsp3) is 0.632. The highest BCUT2D eigenvalue weighted by Crippen LogP contribution is 2.18. The topological polar surface area (TPSA) is 72.3 Å². The summed E-state index contributed by atoms with van der Waals surface area (Å²) in [5.41, 5.74) is 0.841. The molecule has 1 aliphatic heterocycles. The Morgan fingerprint density at radius 2 is 2.12 bits per heavy atom. The van der Waals surface area contributed by atoms with Gasteiger partial charge in [0.15, 0.2) is 0 Å². The molecule has 0 aliphatic carbocycles. The van der Waals surface area contributed by atoms with E-state index in [0.717, 1.165) is 51.4 Å². The fourth-order valence-electron chi connectivity index (χ4n) is 2.91. The second-order valence-electron chi connectivity index (χ2n) is 7.76. The molecule has 136 valence electrons. The van der Waals surface area contributed by atoms with Crippen molar-refractivity contribution >= 4 is 11.7 Å². The van der Waals surface area contributed by atoms with Crippen molar-refractivity contribution in [3.63, 3.8) is 0 Å². The van der Waals surface area contributed by atoms with Gasteiger partial charge in [0.1, 0.15) is 11.9 Å². The molecule has 0 aromatic carbocycles. The van der Waals surface area contributed by atoms with Crippen molar-refractivity contribution in [2.75, 3.05) is 44.2 Å². The standard InChI is InChI=1S/C19H29N5O/c1-19(2,3)7-9-21-17(25)15-23-10-5-11-24(13-12-23)18-16(14-20)6-4-8-22-18/h4,6,8H,5,7,9-13,15H2,1-3H3,(H,21,25). The zero-order valence-electron chi connectivity index (χ0n) is 15.6. The number of nitrogens with one attached hydrogen (secondary N) is 1. The smallest absolute Gasteiger partial charge is 0.234 e. The van der Waals surface area contributed by atoms with Gasteiger partial charge in [-0.05, 0) is 30.4 Å². The number of carbonyl (C=O) groups excluding carboxylic acids is 1. The van der Waals surface area contributed by atoms with Gasteiger partial charge in [0.2, 0.25) is 5.91 Å². The Morgan fingerprint density at radius 1 is 1.32 bits per heavy atom. The molecule has 1 saturated heterocycles. The van der Waals surface area contributed by atoms with E-state index in [0.29, 0.717) is 12.1 Å². The first-order chi connectivity index (χ1) is 11.9. The third-order valence-electron chi connectivity index (χ3n) is 4.36. The Kier molecular flexibility index (Phi) is 6.77. The van der Waals surface area contributed by atoms with E-state index in [1.807, 2.05) is 0 Å². The molecule has 2 rings (SSSR count). The molecule has 0 unspecified atom stereocenters. The highest BCUT2D eigenvalue weighted by Gasteiger charge is 2.20. The van der Waals surface area contributed by atoms with E-state index < -0.39 is 0 Å². The average molecular weight is 343 g/mol. The number of nitriles is 1. The number of rotatable bonds is 5. The largest absolute Gasteiger partial charge is 0.355 e. The molecule has 0 radical (unpaired) electrons. The summed E-state index contributed by atoms with van der Waals surface area (Å²) < 4.78 is 0. The van der Waals surface area contributed by atoms with Gasteiger partial charge in [-0.1, -0.05) is 20.8 Å². The van der Waals surface area contributed by atoms with Gasteiger partial charge in [-0.2, -0.15) is 5.26 Å². The predicted octanol–water partition coefficient (Wildman–Crippen LogP) is 2.02. The number of hydrogen-bond acceptors (Lipinski definition) is 5. The van der Waals surface area contributed by atoms with Crippen LogP contribution in [0.25, 0.3) is 0 Å². The van der Waals surface area contributed by atoms with E-state index in [1.54, 1.807) is 18.3 Å². The molecule has 1 fully saturated rings. The average Bonchev–Trinajstić information content (AvgIpc) is 2.79. The van der Waals surface area contributed by atoms with Crippen LogP contribution in [-0.4, -0.2) is 55.1 Å². The van der Waals surface area contributed by atoms with Crippen LogP contribution >= 0.6 is 0 Å². The molecule has 25 heavy (non-hydrogen) atoms. The van der Waals surface area contributed by atoms with Crippen molar-refractivity contribution < 1.29 is 4.79 Å². The third kappa shape index (κ3) is 6.35. The van der Waals surface area contributed by atoms with Crippen LogP contribution in [0.3, 0.4) is 0 Å². The van der Waals surface area contributed by atoms with Crippen molar-refractivity contribution in [2.24, 2.45) is 5.41 Å². The number of nitrogens with zero attached hydrogens (tertiary/aromatic N) is 4. The molecule has 1 aromatic rings. The number of hydrogen-bond donors (Lipinski definition) is 1. The summed E-state index contributed by atoms with van der Waals surface area (Å²) in [6.07, 6.45) is 3.65. The maximum Gasteiger partial charge on any atom is 0.234 e. The molecule has 2 heterocycles. The van der Waals surface area contributed by atoms with E-state index in [-0.39, 0.29) is 11.3 Å². The SMILES string of the molecule is CC(C)(C)CCNC(=O)CN1CCCN(c2ncccc2C#N)CC1. The first-order valence-corrected chi connectivity index (χ1v) is 8.98. The van der Waals surface area contributed by atoms with Crippen molar-refractivity contribution in [3.8, 4) is 6.07 Å². The van der Waals surface area contributed by atoms with Gasteiger partial charge >= 0.3 is 0 Å². The lowest BCUT2D eigenvalue weighted by molar-refractivity contribution is -0.122. The normalized spacial score (nSPS) is 16.2. The molecule has 0 bridgehead atoms. The maximum atomic E-state index is 12.1. The van der Waals surface area contributed by atoms with Gasteiger partial charge in [0, 0.05) is 38.9 Å². The van der Waals surface area contributed by atoms with Gasteiger partial charge in [0.05, 0.1) is 12.1 Å². The number of carbonyl (C=O) groups is 1. The number of amides is 1. The Labute approximate surface area is 150 Å². The van der Waals surface area contributed by atoms with Crippen molar-refractivity contribution in [1.82, 2.24) is 15.2 Å². The Bertz CT molecular complexity index is 617. The van der Waals surface area contributed by atoms with E-state index in [9.17, 15) is 10.1 Å². The van der Waals surface area contributed by atoms with Crippen molar-refractivity contribution in [2.45, 2.75) is 33.6 Å². The first-order valence-electron chi connectivity index (χ1n) is 8.98. The van der Waals surface area contributed by atoms with Crippen LogP contribution < -0.4 is 10.2 Å². The lowest BCUT2D eigenvalue weighted by Crippen LogP contribution is -2.40. The van der Waals surface area contributed by atoms with E-state index >= 15 is 0 Å². The summed E-state index contributed by atoms with van der Waals surface area (Å²) in [6, 6.07) is 5.80. The number of aromatic nitrogens is 1. The third-order valence-corrected chi connectivity index (χ3v) is 4.36. The van der Waals surface area contributed by atoms with Gasteiger partial charge in [-0.3, -0.25) is 9.69 Å². The molecule has 0 saturated carbocycles. The zero-order valence-corrected chi connectivity index (χ0v) is 15.6. The number of pyridine rings is 1. The molecular formula is C19H29N5O. The molecule has 1 aliphatic rings. The Morgan fingerprint density at radius 3 is 2.84 bits per heavy atom. The second kappa shape index (κ2) is 8.82.